The van der Waals surface area contributed by atoms with Gasteiger partial charge >= 0.3 is 11.9 Å². The summed E-state index contributed by atoms with van der Waals surface area (Å²) < 4.78 is 45.0. The highest BCUT2D eigenvalue weighted by atomic mass is 79.9. The van der Waals surface area contributed by atoms with E-state index in [1.807, 2.05) is 0 Å². The van der Waals surface area contributed by atoms with Gasteiger partial charge in [0.15, 0.2) is 0 Å². The fourth-order valence-electron chi connectivity index (χ4n) is 2.73. The van der Waals surface area contributed by atoms with Crippen LogP contribution in [0.25, 0.3) is 10.9 Å². The van der Waals surface area contributed by atoms with Gasteiger partial charge in [0.1, 0.15) is 0 Å². The first kappa shape index (κ1) is 16.3. The van der Waals surface area contributed by atoms with Gasteiger partial charge in [-0.3, -0.25) is 9.36 Å². The van der Waals surface area contributed by atoms with Gasteiger partial charge in [0.05, 0.1) is 16.5 Å². The molecule has 1 fully saturated rings. The predicted octanol–water partition coefficient (Wildman–Crippen LogP) is 2.82. The molecule has 1 saturated heterocycles. The standard InChI is InChI=1S/C14H12BrF3N2O3/c15-10-6-7(14(16,17)18)5-9-11(10)19-13(22)20(12(9)21)8-1-3-23-4-2-8/h5-6,8H,1-4H2,(H,19,22). The number of H-pyrrole nitrogens is 1. The molecule has 2 aromatic rings. The number of hydrogen-bond acceptors (Lipinski definition) is 3. The Labute approximate surface area is 136 Å². The number of ether oxygens (including phenoxy) is 1. The first-order chi connectivity index (χ1) is 10.8. The molecule has 0 radical (unpaired) electrons. The zero-order chi connectivity index (χ0) is 16.8. The molecular weight excluding hydrogens is 381 g/mol. The summed E-state index contributed by atoms with van der Waals surface area (Å²) >= 11 is 2.99. The number of nitrogens with one attached hydrogen (secondary N) is 1. The van der Waals surface area contributed by atoms with Gasteiger partial charge < -0.3 is 9.72 Å². The van der Waals surface area contributed by atoms with Crippen molar-refractivity contribution in [3.63, 3.8) is 0 Å². The molecule has 2 heterocycles. The minimum Gasteiger partial charge on any atom is -0.381 e. The molecule has 9 heteroatoms. The van der Waals surface area contributed by atoms with Crippen molar-refractivity contribution in [1.82, 2.24) is 9.55 Å². The first-order valence-electron chi connectivity index (χ1n) is 6.92. The van der Waals surface area contributed by atoms with Gasteiger partial charge in [-0.2, -0.15) is 13.2 Å². The molecule has 1 aliphatic heterocycles. The molecule has 5 nitrogen and oxygen atoms in total. The van der Waals surface area contributed by atoms with Crippen molar-refractivity contribution >= 4 is 26.8 Å². The van der Waals surface area contributed by atoms with Crippen molar-refractivity contribution in [2.45, 2.75) is 25.1 Å². The zero-order valence-corrected chi connectivity index (χ0v) is 13.3. The summed E-state index contributed by atoms with van der Waals surface area (Å²) in [6.07, 6.45) is -3.65. The summed E-state index contributed by atoms with van der Waals surface area (Å²) in [5.41, 5.74) is -2.23. The topological polar surface area (TPSA) is 64.1 Å². The SMILES string of the molecule is O=c1[nH]c2c(Br)cc(C(F)(F)F)cc2c(=O)n1C1CCOCC1. The average Bonchev–Trinajstić information content (AvgIpc) is 2.48. The predicted molar refractivity (Wildman–Crippen MR) is 80.6 cm³/mol. The van der Waals surface area contributed by atoms with Gasteiger partial charge in [0.25, 0.3) is 5.56 Å². The molecule has 0 amide bonds. The number of alkyl halides is 3. The normalized spacial score (nSPS) is 16.9. The lowest BCUT2D eigenvalue weighted by molar-refractivity contribution is -0.137. The third-order valence-corrected chi connectivity index (χ3v) is 4.50. The number of nitrogens with zero attached hydrogens (tertiary/aromatic N) is 1. The van der Waals surface area contributed by atoms with Gasteiger partial charge in [-0.25, -0.2) is 4.79 Å². The summed E-state index contributed by atoms with van der Waals surface area (Å²) in [5, 5.41) is -0.169. The highest BCUT2D eigenvalue weighted by Gasteiger charge is 2.32. The molecule has 0 aliphatic carbocycles. The Balaban J connectivity index is 2.28. The number of halogens is 4. The molecule has 0 unspecified atom stereocenters. The van der Waals surface area contributed by atoms with E-state index in [0.29, 0.717) is 26.1 Å². The second-order valence-corrected chi connectivity index (χ2v) is 6.18. The highest BCUT2D eigenvalue weighted by molar-refractivity contribution is 9.10. The van der Waals surface area contributed by atoms with Crippen LogP contribution >= 0.6 is 15.9 Å². The van der Waals surface area contributed by atoms with Crippen LogP contribution in [0.15, 0.2) is 26.2 Å². The number of hydrogen-bond donors (Lipinski definition) is 1. The molecule has 0 saturated carbocycles. The summed E-state index contributed by atoms with van der Waals surface area (Å²) in [7, 11) is 0. The molecule has 3 rings (SSSR count). The maximum absolute atomic E-state index is 12.9. The number of aromatic amines is 1. The average molecular weight is 393 g/mol. The van der Waals surface area contributed by atoms with Gasteiger partial charge in [0.2, 0.25) is 0 Å². The highest BCUT2D eigenvalue weighted by Crippen LogP contribution is 2.33. The molecule has 0 atom stereocenters. The maximum atomic E-state index is 12.9. The fraction of sp³-hybridized carbons (Fsp3) is 0.429. The summed E-state index contributed by atoms with van der Waals surface area (Å²) in [6.45, 7) is 0.807. The van der Waals surface area contributed by atoms with Crippen LogP contribution in [-0.4, -0.2) is 22.8 Å². The van der Waals surface area contributed by atoms with Crippen molar-refractivity contribution in [2.75, 3.05) is 13.2 Å². The Morgan fingerprint density at radius 3 is 2.48 bits per heavy atom. The smallest absolute Gasteiger partial charge is 0.381 e. The van der Waals surface area contributed by atoms with E-state index in [1.54, 1.807) is 0 Å². The van der Waals surface area contributed by atoms with Crippen LogP contribution in [0.4, 0.5) is 13.2 Å². The van der Waals surface area contributed by atoms with Crippen molar-refractivity contribution < 1.29 is 17.9 Å². The second kappa shape index (κ2) is 5.79. The molecule has 1 N–H and O–H groups in total. The van der Waals surface area contributed by atoms with Crippen LogP contribution in [0, 0.1) is 0 Å². The van der Waals surface area contributed by atoms with E-state index >= 15 is 0 Å². The number of benzene rings is 1. The molecular formula is C14H12BrF3N2O3. The lowest BCUT2D eigenvalue weighted by Gasteiger charge is -2.23. The summed E-state index contributed by atoms with van der Waals surface area (Å²) in [6, 6.07) is 1.24. The van der Waals surface area contributed by atoms with Crippen LogP contribution in [0.2, 0.25) is 0 Å². The number of rotatable bonds is 1. The second-order valence-electron chi connectivity index (χ2n) is 5.33. The fourth-order valence-corrected chi connectivity index (χ4v) is 3.29. The molecule has 23 heavy (non-hydrogen) atoms. The lowest BCUT2D eigenvalue weighted by atomic mass is 10.1. The van der Waals surface area contributed by atoms with E-state index in [-0.39, 0.29) is 21.4 Å². The zero-order valence-electron chi connectivity index (χ0n) is 11.7. The minimum absolute atomic E-state index is 0.0238. The van der Waals surface area contributed by atoms with Crippen LogP contribution in [0.3, 0.4) is 0 Å². The third kappa shape index (κ3) is 2.94. The van der Waals surface area contributed by atoms with E-state index in [0.717, 1.165) is 16.7 Å². The van der Waals surface area contributed by atoms with Crippen molar-refractivity contribution in [2.24, 2.45) is 0 Å². The molecule has 0 spiro atoms. The summed E-state index contributed by atoms with van der Waals surface area (Å²) in [5.74, 6) is 0. The Morgan fingerprint density at radius 1 is 1.22 bits per heavy atom. The Morgan fingerprint density at radius 2 is 1.87 bits per heavy atom. The van der Waals surface area contributed by atoms with Crippen LogP contribution in [-0.2, 0) is 10.9 Å². The van der Waals surface area contributed by atoms with Crippen molar-refractivity contribution in [1.29, 1.82) is 0 Å². The van der Waals surface area contributed by atoms with Gasteiger partial charge in [-0.05, 0) is 40.9 Å². The van der Waals surface area contributed by atoms with Gasteiger partial charge in [-0.1, -0.05) is 0 Å². The monoisotopic (exact) mass is 392 g/mol. The van der Waals surface area contributed by atoms with Crippen LogP contribution in [0.5, 0.6) is 0 Å². The molecule has 1 aromatic heterocycles. The Hall–Kier alpha value is -1.61. The van der Waals surface area contributed by atoms with Crippen LogP contribution in [0.1, 0.15) is 24.4 Å². The molecule has 0 bridgehead atoms. The largest absolute Gasteiger partial charge is 0.416 e. The van der Waals surface area contributed by atoms with E-state index in [9.17, 15) is 22.8 Å². The molecule has 124 valence electrons. The Bertz CT molecular complexity index is 866. The van der Waals surface area contributed by atoms with Crippen LogP contribution < -0.4 is 11.2 Å². The third-order valence-electron chi connectivity index (χ3n) is 3.87. The van der Waals surface area contributed by atoms with Crippen molar-refractivity contribution in [3.05, 3.63) is 43.0 Å². The van der Waals surface area contributed by atoms with E-state index in [2.05, 4.69) is 20.9 Å². The maximum Gasteiger partial charge on any atom is 0.416 e. The number of aromatic nitrogens is 2. The van der Waals surface area contributed by atoms with E-state index < -0.39 is 23.0 Å². The molecule has 1 aromatic carbocycles. The molecule has 1 aliphatic rings. The minimum atomic E-state index is -4.58. The number of fused-ring (bicyclic) bond motifs is 1. The van der Waals surface area contributed by atoms with E-state index in [4.69, 9.17) is 4.74 Å². The van der Waals surface area contributed by atoms with Gasteiger partial charge in [-0.15, -0.1) is 0 Å². The Kier molecular flexibility index (Phi) is 4.09. The van der Waals surface area contributed by atoms with Gasteiger partial charge in [0, 0.05) is 23.7 Å². The summed E-state index contributed by atoms with van der Waals surface area (Å²) in [4.78, 5) is 27.3. The lowest BCUT2D eigenvalue weighted by Crippen LogP contribution is -2.40. The first-order valence-corrected chi connectivity index (χ1v) is 7.71. The quantitative estimate of drug-likeness (QED) is 0.811. The van der Waals surface area contributed by atoms with E-state index in [1.165, 1.54) is 0 Å². The van der Waals surface area contributed by atoms with Crippen molar-refractivity contribution in [3.8, 4) is 0 Å².